The van der Waals surface area contributed by atoms with Crippen molar-refractivity contribution in [3.05, 3.63) is 61.2 Å². The predicted molar refractivity (Wildman–Crippen MR) is 112 cm³/mol. The van der Waals surface area contributed by atoms with Gasteiger partial charge in [-0.05, 0) is 44.2 Å². The van der Waals surface area contributed by atoms with Crippen LogP contribution in [0.4, 0.5) is 0 Å². The van der Waals surface area contributed by atoms with Crippen molar-refractivity contribution in [2.24, 2.45) is 11.8 Å². The Kier molecular flexibility index (Phi) is 15.2. The first-order valence-corrected chi connectivity index (χ1v) is 9.90. The molecule has 1 aliphatic rings. The molecule has 1 N–H and O–H groups in total. The van der Waals surface area contributed by atoms with E-state index < -0.39 is 0 Å². The SMILES string of the molecule is C=CCC(C(O)CCN(CC)CC)C1C=CC1.CC.c1ccccc1. The molecular weight excluding hydrogens is 306 g/mol. The van der Waals surface area contributed by atoms with Gasteiger partial charge in [0.25, 0.3) is 0 Å². The van der Waals surface area contributed by atoms with E-state index in [4.69, 9.17) is 0 Å². The molecule has 142 valence electrons. The second kappa shape index (κ2) is 16.1. The second-order valence-corrected chi connectivity index (χ2v) is 6.05. The first-order valence-electron chi connectivity index (χ1n) is 9.90. The molecule has 2 rings (SSSR count). The van der Waals surface area contributed by atoms with Crippen LogP contribution >= 0.6 is 0 Å². The normalized spacial score (nSPS) is 17.3. The third kappa shape index (κ3) is 10.3. The minimum absolute atomic E-state index is 0.191. The van der Waals surface area contributed by atoms with Crippen molar-refractivity contribution in [3.63, 3.8) is 0 Å². The molecule has 3 unspecified atom stereocenters. The summed E-state index contributed by atoms with van der Waals surface area (Å²) in [5, 5.41) is 10.3. The zero-order valence-electron chi connectivity index (χ0n) is 16.8. The molecule has 25 heavy (non-hydrogen) atoms. The number of benzene rings is 1. The van der Waals surface area contributed by atoms with E-state index >= 15 is 0 Å². The average Bonchev–Trinajstić information content (AvgIpc) is 2.64. The Labute approximate surface area is 156 Å². The van der Waals surface area contributed by atoms with E-state index in [1.807, 2.05) is 56.3 Å². The smallest absolute Gasteiger partial charge is 0.0589 e. The van der Waals surface area contributed by atoms with E-state index in [2.05, 4.69) is 37.5 Å². The fourth-order valence-corrected chi connectivity index (χ4v) is 2.87. The van der Waals surface area contributed by atoms with Gasteiger partial charge in [-0.15, -0.1) is 6.58 Å². The molecule has 0 aromatic heterocycles. The number of hydrogen-bond donors (Lipinski definition) is 1. The zero-order chi connectivity index (χ0) is 18.9. The van der Waals surface area contributed by atoms with Gasteiger partial charge in [-0.3, -0.25) is 0 Å². The molecule has 1 aromatic rings. The Bertz CT molecular complexity index is 398. The molecule has 0 bridgehead atoms. The van der Waals surface area contributed by atoms with Gasteiger partial charge in [0, 0.05) is 6.54 Å². The highest BCUT2D eigenvalue weighted by Crippen LogP contribution is 2.32. The fraction of sp³-hybridized carbons (Fsp3) is 0.565. The Hall–Kier alpha value is -1.38. The molecule has 2 nitrogen and oxygen atoms in total. The number of aliphatic hydroxyl groups excluding tert-OH is 1. The van der Waals surface area contributed by atoms with E-state index in [1.165, 1.54) is 0 Å². The molecular formula is C23H39NO. The summed E-state index contributed by atoms with van der Waals surface area (Å²) in [4.78, 5) is 2.37. The van der Waals surface area contributed by atoms with Crippen LogP contribution in [-0.2, 0) is 0 Å². The Balaban J connectivity index is 0.000000596. The van der Waals surface area contributed by atoms with Crippen LogP contribution in [0.5, 0.6) is 0 Å². The minimum Gasteiger partial charge on any atom is -0.393 e. The summed E-state index contributed by atoms with van der Waals surface area (Å²) in [6, 6.07) is 12.0. The van der Waals surface area contributed by atoms with Crippen molar-refractivity contribution in [1.29, 1.82) is 0 Å². The first-order chi connectivity index (χ1) is 12.2. The van der Waals surface area contributed by atoms with Gasteiger partial charge in [0.2, 0.25) is 0 Å². The molecule has 0 heterocycles. The summed E-state index contributed by atoms with van der Waals surface area (Å²) >= 11 is 0. The maximum Gasteiger partial charge on any atom is 0.0589 e. The van der Waals surface area contributed by atoms with Crippen molar-refractivity contribution in [3.8, 4) is 0 Å². The lowest BCUT2D eigenvalue weighted by molar-refractivity contribution is 0.0644. The molecule has 0 radical (unpaired) electrons. The van der Waals surface area contributed by atoms with E-state index in [1.54, 1.807) is 0 Å². The summed E-state index contributed by atoms with van der Waals surface area (Å²) in [5.41, 5.74) is 0. The highest BCUT2D eigenvalue weighted by molar-refractivity contribution is 5.06. The lowest BCUT2D eigenvalue weighted by Gasteiger charge is -2.32. The quantitative estimate of drug-likeness (QED) is 0.592. The van der Waals surface area contributed by atoms with Crippen LogP contribution in [0.3, 0.4) is 0 Å². The lowest BCUT2D eigenvalue weighted by atomic mass is 9.77. The van der Waals surface area contributed by atoms with Gasteiger partial charge in [-0.2, -0.15) is 0 Å². The van der Waals surface area contributed by atoms with Gasteiger partial charge in [-0.1, -0.05) is 82.3 Å². The van der Waals surface area contributed by atoms with Gasteiger partial charge in [0.05, 0.1) is 6.10 Å². The van der Waals surface area contributed by atoms with Gasteiger partial charge in [-0.25, -0.2) is 0 Å². The summed E-state index contributed by atoms with van der Waals surface area (Å²) in [7, 11) is 0. The van der Waals surface area contributed by atoms with Crippen molar-refractivity contribution in [2.45, 2.75) is 53.1 Å². The van der Waals surface area contributed by atoms with E-state index in [0.29, 0.717) is 11.8 Å². The Morgan fingerprint density at radius 1 is 1.08 bits per heavy atom. The number of rotatable bonds is 9. The maximum atomic E-state index is 10.3. The predicted octanol–water partition coefficient (Wildman–Crippen LogP) is 5.56. The van der Waals surface area contributed by atoms with E-state index in [-0.39, 0.29) is 6.10 Å². The summed E-state index contributed by atoms with van der Waals surface area (Å²) in [5.74, 6) is 0.938. The molecule has 3 atom stereocenters. The molecule has 1 aliphatic carbocycles. The molecule has 0 aliphatic heterocycles. The van der Waals surface area contributed by atoms with Gasteiger partial charge >= 0.3 is 0 Å². The number of allylic oxidation sites excluding steroid dienone is 3. The van der Waals surface area contributed by atoms with Crippen LogP contribution in [0.25, 0.3) is 0 Å². The van der Waals surface area contributed by atoms with Crippen LogP contribution in [-0.4, -0.2) is 35.7 Å². The molecule has 0 amide bonds. The van der Waals surface area contributed by atoms with Crippen LogP contribution in [0.1, 0.15) is 47.0 Å². The first kappa shape index (κ1) is 23.6. The standard InChI is InChI=1S/C15H27NO.C6H6.C2H6/c1-4-8-14(13-9-7-10-13)15(17)11-12-16(5-2)6-3;1-2-4-6-5-3-1;1-2/h4,7,9,13-15,17H,1,5-6,8,10-12H2,2-3H3;1-6H;1-2H3. The lowest BCUT2D eigenvalue weighted by Crippen LogP contribution is -2.33. The number of nitrogens with zero attached hydrogens (tertiary/aromatic N) is 1. The molecule has 0 fully saturated rings. The van der Waals surface area contributed by atoms with Crippen LogP contribution < -0.4 is 0 Å². The molecule has 0 saturated heterocycles. The summed E-state index contributed by atoms with van der Waals surface area (Å²) < 4.78 is 0. The average molecular weight is 346 g/mol. The van der Waals surface area contributed by atoms with E-state index in [9.17, 15) is 5.11 Å². The van der Waals surface area contributed by atoms with Crippen molar-refractivity contribution >= 4 is 0 Å². The maximum absolute atomic E-state index is 10.3. The molecule has 2 heteroatoms. The highest BCUT2D eigenvalue weighted by atomic mass is 16.3. The zero-order valence-corrected chi connectivity index (χ0v) is 16.8. The van der Waals surface area contributed by atoms with Crippen LogP contribution in [0.2, 0.25) is 0 Å². The summed E-state index contributed by atoms with van der Waals surface area (Å²) in [6.45, 7) is 15.3. The minimum atomic E-state index is -0.191. The topological polar surface area (TPSA) is 23.5 Å². The number of hydrogen-bond acceptors (Lipinski definition) is 2. The van der Waals surface area contributed by atoms with Crippen LogP contribution in [0, 0.1) is 11.8 Å². The third-order valence-electron chi connectivity index (χ3n) is 4.58. The van der Waals surface area contributed by atoms with E-state index in [0.717, 1.165) is 38.9 Å². The largest absolute Gasteiger partial charge is 0.393 e. The van der Waals surface area contributed by atoms with Crippen molar-refractivity contribution in [1.82, 2.24) is 4.90 Å². The molecule has 1 aromatic carbocycles. The Morgan fingerprint density at radius 2 is 1.56 bits per heavy atom. The van der Waals surface area contributed by atoms with Crippen molar-refractivity contribution in [2.75, 3.05) is 19.6 Å². The molecule has 0 saturated carbocycles. The van der Waals surface area contributed by atoms with Crippen molar-refractivity contribution < 1.29 is 5.11 Å². The fourth-order valence-electron chi connectivity index (χ4n) is 2.87. The number of aliphatic hydroxyl groups is 1. The second-order valence-electron chi connectivity index (χ2n) is 6.05. The third-order valence-corrected chi connectivity index (χ3v) is 4.58. The summed E-state index contributed by atoms with van der Waals surface area (Å²) in [6.07, 6.45) is 9.10. The monoisotopic (exact) mass is 345 g/mol. The van der Waals surface area contributed by atoms with Gasteiger partial charge in [0.15, 0.2) is 0 Å². The Morgan fingerprint density at radius 3 is 1.88 bits per heavy atom. The van der Waals surface area contributed by atoms with Gasteiger partial charge < -0.3 is 10.0 Å². The van der Waals surface area contributed by atoms with Crippen LogP contribution in [0.15, 0.2) is 61.2 Å². The highest BCUT2D eigenvalue weighted by Gasteiger charge is 2.27. The van der Waals surface area contributed by atoms with Gasteiger partial charge in [0.1, 0.15) is 0 Å². The molecule has 0 spiro atoms.